The van der Waals surface area contributed by atoms with E-state index in [4.69, 9.17) is 0 Å². The van der Waals surface area contributed by atoms with Crippen LogP contribution >= 0.6 is 0 Å². The third kappa shape index (κ3) is 15.2. The van der Waals surface area contributed by atoms with E-state index in [9.17, 15) is 0 Å². The Morgan fingerprint density at radius 2 is 1.35 bits per heavy atom. The Bertz CT molecular complexity index is 208. The molecule has 0 N–H and O–H groups in total. The van der Waals surface area contributed by atoms with Crippen LogP contribution < -0.4 is 0 Å². The molecule has 0 fully saturated rings. The summed E-state index contributed by atoms with van der Waals surface area (Å²) in [6.07, 6.45) is 25.0. The van der Waals surface area contributed by atoms with Crippen LogP contribution in [0.2, 0.25) is 0 Å². The lowest BCUT2D eigenvalue weighted by Gasteiger charge is -1.95. The average Bonchev–Trinajstić information content (AvgIpc) is 2.35. The van der Waals surface area contributed by atoms with Crippen LogP contribution in [0.25, 0.3) is 0 Å². The molecule has 0 aliphatic carbocycles. The van der Waals surface area contributed by atoms with Gasteiger partial charge in [0.05, 0.1) is 0 Å². The lowest BCUT2D eigenvalue weighted by Crippen LogP contribution is -1.75. The van der Waals surface area contributed by atoms with Crippen molar-refractivity contribution in [3.63, 3.8) is 0 Å². The van der Waals surface area contributed by atoms with Crippen LogP contribution in [0.5, 0.6) is 0 Å². The van der Waals surface area contributed by atoms with Crippen molar-refractivity contribution in [2.75, 3.05) is 0 Å². The van der Waals surface area contributed by atoms with Crippen molar-refractivity contribution in [2.24, 2.45) is 0 Å². The number of allylic oxidation sites excluding steroid dienone is 6. The highest BCUT2D eigenvalue weighted by molar-refractivity contribution is 5.04. The monoisotopic (exact) mass is 234 g/mol. The van der Waals surface area contributed by atoms with Crippen LogP contribution in [0.1, 0.15) is 71.6 Å². The molecule has 0 heteroatoms. The van der Waals surface area contributed by atoms with Crippen molar-refractivity contribution in [2.45, 2.75) is 71.6 Å². The van der Waals surface area contributed by atoms with Gasteiger partial charge in [-0.25, -0.2) is 0 Å². The fourth-order valence-electron chi connectivity index (χ4n) is 1.66. The van der Waals surface area contributed by atoms with Crippen molar-refractivity contribution in [1.82, 2.24) is 0 Å². The Morgan fingerprint density at radius 1 is 0.588 bits per heavy atom. The van der Waals surface area contributed by atoms with E-state index in [1.165, 1.54) is 51.4 Å². The van der Waals surface area contributed by atoms with Crippen molar-refractivity contribution >= 4 is 0 Å². The van der Waals surface area contributed by atoms with Gasteiger partial charge in [0.2, 0.25) is 0 Å². The van der Waals surface area contributed by atoms with Crippen molar-refractivity contribution in [3.8, 4) is 0 Å². The van der Waals surface area contributed by atoms with Crippen LogP contribution in [0.15, 0.2) is 36.5 Å². The second-order valence-corrected chi connectivity index (χ2v) is 4.55. The van der Waals surface area contributed by atoms with E-state index < -0.39 is 0 Å². The summed E-state index contributed by atoms with van der Waals surface area (Å²) in [4.78, 5) is 0. The molecule has 98 valence electrons. The molecule has 0 heterocycles. The first-order valence-electron chi connectivity index (χ1n) is 7.38. The van der Waals surface area contributed by atoms with Crippen LogP contribution in [-0.2, 0) is 0 Å². The summed E-state index contributed by atoms with van der Waals surface area (Å²) in [6, 6.07) is 0. The van der Waals surface area contributed by atoms with Gasteiger partial charge in [0.15, 0.2) is 0 Å². The maximum absolute atomic E-state index is 2.33. The minimum absolute atomic E-state index is 1.07. The Balaban J connectivity index is 3.24. The Hall–Kier alpha value is -0.780. The lowest BCUT2D eigenvalue weighted by molar-refractivity contribution is 0.637. The fourth-order valence-corrected chi connectivity index (χ4v) is 1.66. The van der Waals surface area contributed by atoms with Crippen LogP contribution in [-0.4, -0.2) is 0 Å². The summed E-state index contributed by atoms with van der Waals surface area (Å²) in [6.45, 7) is 4.47. The van der Waals surface area contributed by atoms with E-state index in [1.807, 2.05) is 0 Å². The first kappa shape index (κ1) is 16.2. The molecule has 0 nitrogen and oxygen atoms in total. The molecule has 0 bridgehead atoms. The highest BCUT2D eigenvalue weighted by atomic mass is 13.9. The van der Waals surface area contributed by atoms with Gasteiger partial charge in [-0.2, -0.15) is 0 Å². The molecule has 0 rings (SSSR count). The maximum Gasteiger partial charge on any atom is -0.0166 e. The largest absolute Gasteiger partial charge is 0.0882 e. The summed E-state index contributed by atoms with van der Waals surface area (Å²) < 4.78 is 0. The van der Waals surface area contributed by atoms with Gasteiger partial charge in [-0.3, -0.25) is 0 Å². The predicted molar refractivity (Wildman–Crippen MR) is 80.3 cm³/mol. The highest BCUT2D eigenvalue weighted by Gasteiger charge is 1.85. The zero-order valence-corrected chi connectivity index (χ0v) is 11.8. The number of rotatable bonds is 11. The number of hydrogen-bond donors (Lipinski definition) is 0. The summed E-state index contributed by atoms with van der Waals surface area (Å²) in [5, 5.41) is 0. The third-order valence-corrected chi connectivity index (χ3v) is 2.75. The first-order chi connectivity index (χ1) is 8.41. The van der Waals surface area contributed by atoms with E-state index in [1.54, 1.807) is 0 Å². The second kappa shape index (κ2) is 15.2. The maximum atomic E-state index is 2.33. The van der Waals surface area contributed by atoms with E-state index in [2.05, 4.69) is 50.3 Å². The van der Waals surface area contributed by atoms with Gasteiger partial charge < -0.3 is 0 Å². The highest BCUT2D eigenvalue weighted by Crippen LogP contribution is 2.05. The number of hydrogen-bond acceptors (Lipinski definition) is 0. The molecule has 0 unspecified atom stereocenters. The Kier molecular flexibility index (Phi) is 14.5. The van der Waals surface area contributed by atoms with Crippen molar-refractivity contribution in [3.05, 3.63) is 36.5 Å². The van der Waals surface area contributed by atoms with E-state index in [0.29, 0.717) is 0 Å². The summed E-state index contributed by atoms with van der Waals surface area (Å²) >= 11 is 0. The van der Waals surface area contributed by atoms with Gasteiger partial charge in [-0.05, 0) is 25.7 Å². The summed E-state index contributed by atoms with van der Waals surface area (Å²) in [7, 11) is 0. The quantitative estimate of drug-likeness (QED) is 0.227. The number of unbranched alkanes of at least 4 members (excludes halogenated alkanes) is 6. The minimum atomic E-state index is 1.07. The molecule has 0 saturated carbocycles. The molecule has 0 spiro atoms. The standard InChI is InChI=1S/C17H30/c1-3-5-7-9-11-13-15-17-16-14-12-10-8-6-4-2/h7,9,11,13,16-17H,3-6,8,10,12,14-15H2,1-2H3/b9-7+,13-11+,17-16+. The SMILES string of the molecule is CCC/C=C/C=C/C/C=C/CCCCCCC. The Labute approximate surface area is 109 Å². The third-order valence-electron chi connectivity index (χ3n) is 2.75. The minimum Gasteiger partial charge on any atom is -0.0882 e. The van der Waals surface area contributed by atoms with Gasteiger partial charge in [0.1, 0.15) is 0 Å². The van der Waals surface area contributed by atoms with Gasteiger partial charge in [-0.15, -0.1) is 0 Å². The fraction of sp³-hybridized carbons (Fsp3) is 0.647. The van der Waals surface area contributed by atoms with Gasteiger partial charge in [0.25, 0.3) is 0 Å². The van der Waals surface area contributed by atoms with Gasteiger partial charge >= 0.3 is 0 Å². The van der Waals surface area contributed by atoms with Gasteiger partial charge in [-0.1, -0.05) is 82.4 Å². The predicted octanol–water partition coefficient (Wildman–Crippen LogP) is 6.21. The van der Waals surface area contributed by atoms with Crippen molar-refractivity contribution < 1.29 is 0 Å². The van der Waals surface area contributed by atoms with Gasteiger partial charge in [0, 0.05) is 0 Å². The Morgan fingerprint density at radius 3 is 2.12 bits per heavy atom. The molecule has 17 heavy (non-hydrogen) atoms. The molecule has 0 radical (unpaired) electrons. The first-order valence-corrected chi connectivity index (χ1v) is 7.38. The zero-order valence-electron chi connectivity index (χ0n) is 11.8. The molecule has 0 aliphatic heterocycles. The molecule has 0 amide bonds. The molecule has 0 aromatic heterocycles. The summed E-state index contributed by atoms with van der Waals surface area (Å²) in [5.74, 6) is 0. The normalized spacial score (nSPS) is 12.4. The van der Waals surface area contributed by atoms with E-state index >= 15 is 0 Å². The zero-order chi connectivity index (χ0) is 12.6. The van der Waals surface area contributed by atoms with E-state index in [-0.39, 0.29) is 0 Å². The molecule has 0 atom stereocenters. The second-order valence-electron chi connectivity index (χ2n) is 4.55. The molecule has 0 aromatic rings. The molecule has 0 aromatic carbocycles. The van der Waals surface area contributed by atoms with Crippen molar-refractivity contribution in [1.29, 1.82) is 0 Å². The lowest BCUT2D eigenvalue weighted by atomic mass is 10.1. The van der Waals surface area contributed by atoms with E-state index in [0.717, 1.165) is 6.42 Å². The average molecular weight is 234 g/mol. The molecule has 0 saturated heterocycles. The van der Waals surface area contributed by atoms with Crippen LogP contribution in [0.3, 0.4) is 0 Å². The summed E-state index contributed by atoms with van der Waals surface area (Å²) in [5.41, 5.74) is 0. The molecule has 0 aliphatic rings. The molecular formula is C17H30. The molecular weight excluding hydrogens is 204 g/mol. The van der Waals surface area contributed by atoms with Crippen LogP contribution in [0.4, 0.5) is 0 Å². The topological polar surface area (TPSA) is 0 Å². The van der Waals surface area contributed by atoms with Crippen LogP contribution in [0, 0.1) is 0 Å². The smallest absolute Gasteiger partial charge is 0.0166 e.